The first-order valence-corrected chi connectivity index (χ1v) is 2.80. The standard InChI is InChI=1S/C5H12O4/c1-5(4-9-7)8-3-2-6/h5-7H,2-4H2,1H3. The first-order valence-electron chi connectivity index (χ1n) is 2.80. The van der Waals surface area contributed by atoms with Crippen molar-refractivity contribution < 1.29 is 20.0 Å². The zero-order valence-corrected chi connectivity index (χ0v) is 5.41. The lowest BCUT2D eigenvalue weighted by Gasteiger charge is -2.08. The number of hydrogen-bond donors (Lipinski definition) is 2. The van der Waals surface area contributed by atoms with Crippen LogP contribution in [0.5, 0.6) is 0 Å². The van der Waals surface area contributed by atoms with Gasteiger partial charge in [-0.05, 0) is 6.92 Å². The molecule has 56 valence electrons. The largest absolute Gasteiger partial charge is 0.394 e. The molecule has 1 unspecified atom stereocenters. The molecule has 0 saturated heterocycles. The van der Waals surface area contributed by atoms with Crippen molar-refractivity contribution in [3.8, 4) is 0 Å². The zero-order valence-electron chi connectivity index (χ0n) is 5.41. The molecular weight excluding hydrogens is 124 g/mol. The quantitative estimate of drug-likeness (QED) is 0.408. The first-order chi connectivity index (χ1) is 4.31. The third-order valence-corrected chi connectivity index (χ3v) is 0.803. The Balaban J connectivity index is 2.95. The molecule has 0 aromatic rings. The van der Waals surface area contributed by atoms with Gasteiger partial charge in [-0.2, -0.15) is 0 Å². The number of ether oxygens (including phenoxy) is 1. The number of hydrogen-bond acceptors (Lipinski definition) is 4. The van der Waals surface area contributed by atoms with Gasteiger partial charge in [0.1, 0.15) is 6.61 Å². The molecular formula is C5H12O4. The lowest BCUT2D eigenvalue weighted by Crippen LogP contribution is -2.16. The van der Waals surface area contributed by atoms with E-state index in [0.29, 0.717) is 0 Å². The van der Waals surface area contributed by atoms with Gasteiger partial charge in [-0.1, -0.05) is 0 Å². The maximum absolute atomic E-state index is 8.26. The predicted molar refractivity (Wildman–Crippen MR) is 31.1 cm³/mol. The molecule has 0 aromatic carbocycles. The average Bonchev–Trinajstić information content (AvgIpc) is 1.85. The highest BCUT2D eigenvalue weighted by molar-refractivity contribution is 4.43. The minimum absolute atomic E-state index is 0.00420. The third-order valence-electron chi connectivity index (χ3n) is 0.803. The minimum Gasteiger partial charge on any atom is -0.394 e. The van der Waals surface area contributed by atoms with Crippen LogP contribution in [0.1, 0.15) is 6.92 Å². The Morgan fingerprint density at radius 2 is 2.22 bits per heavy atom. The van der Waals surface area contributed by atoms with Crippen LogP contribution >= 0.6 is 0 Å². The summed E-state index contributed by atoms with van der Waals surface area (Å²) in [5, 5.41) is 16.1. The van der Waals surface area contributed by atoms with E-state index < -0.39 is 0 Å². The highest BCUT2D eigenvalue weighted by Crippen LogP contribution is 1.88. The van der Waals surface area contributed by atoms with Gasteiger partial charge in [0, 0.05) is 0 Å². The summed E-state index contributed by atoms with van der Waals surface area (Å²) in [6.07, 6.45) is -0.165. The van der Waals surface area contributed by atoms with Crippen LogP contribution in [0.15, 0.2) is 0 Å². The summed E-state index contributed by atoms with van der Waals surface area (Å²) in [4.78, 5) is 3.79. The molecule has 0 aliphatic heterocycles. The maximum atomic E-state index is 8.26. The third kappa shape index (κ3) is 5.72. The fourth-order valence-corrected chi connectivity index (χ4v) is 0.407. The molecule has 0 radical (unpaired) electrons. The summed E-state index contributed by atoms with van der Waals surface area (Å²) in [6, 6.07) is 0. The fourth-order valence-electron chi connectivity index (χ4n) is 0.407. The van der Waals surface area contributed by atoms with Gasteiger partial charge >= 0.3 is 0 Å². The Hall–Kier alpha value is -0.160. The van der Waals surface area contributed by atoms with E-state index in [9.17, 15) is 0 Å². The predicted octanol–water partition coefficient (Wildman–Crippen LogP) is -0.127. The molecule has 0 aromatic heterocycles. The molecule has 0 fully saturated rings. The van der Waals surface area contributed by atoms with Gasteiger partial charge < -0.3 is 9.84 Å². The second-order valence-electron chi connectivity index (χ2n) is 1.70. The van der Waals surface area contributed by atoms with Crippen molar-refractivity contribution in [2.24, 2.45) is 0 Å². The molecule has 4 heteroatoms. The van der Waals surface area contributed by atoms with Crippen LogP contribution < -0.4 is 0 Å². The molecule has 0 aliphatic rings. The molecule has 0 spiro atoms. The molecule has 0 aliphatic carbocycles. The first kappa shape index (κ1) is 8.84. The smallest absolute Gasteiger partial charge is 0.108 e. The molecule has 1 atom stereocenters. The molecule has 9 heavy (non-hydrogen) atoms. The van der Waals surface area contributed by atoms with Crippen LogP contribution in [0.4, 0.5) is 0 Å². The normalized spacial score (nSPS) is 13.7. The van der Waals surface area contributed by atoms with E-state index in [1.54, 1.807) is 6.92 Å². The summed E-state index contributed by atoms with van der Waals surface area (Å²) in [7, 11) is 0. The summed E-state index contributed by atoms with van der Waals surface area (Å²) in [5.74, 6) is 0. The van der Waals surface area contributed by atoms with Gasteiger partial charge in [0.05, 0.1) is 19.3 Å². The molecule has 0 heterocycles. The number of aliphatic hydroxyl groups excluding tert-OH is 1. The van der Waals surface area contributed by atoms with Crippen LogP contribution in [0.3, 0.4) is 0 Å². The summed E-state index contributed by atoms with van der Waals surface area (Å²) in [5.41, 5.74) is 0. The van der Waals surface area contributed by atoms with Gasteiger partial charge in [0.25, 0.3) is 0 Å². The van der Waals surface area contributed by atoms with E-state index in [1.165, 1.54) is 0 Å². The maximum Gasteiger partial charge on any atom is 0.108 e. The summed E-state index contributed by atoms with van der Waals surface area (Å²) in [6.45, 7) is 2.16. The van der Waals surface area contributed by atoms with E-state index in [0.717, 1.165) is 0 Å². The van der Waals surface area contributed by atoms with Gasteiger partial charge in [-0.25, -0.2) is 4.89 Å². The lowest BCUT2D eigenvalue weighted by atomic mass is 10.4. The SMILES string of the molecule is CC(COO)OCCO. The molecule has 0 saturated carbocycles. The van der Waals surface area contributed by atoms with E-state index in [2.05, 4.69) is 4.89 Å². The fraction of sp³-hybridized carbons (Fsp3) is 1.00. The van der Waals surface area contributed by atoms with Crippen molar-refractivity contribution in [2.45, 2.75) is 13.0 Å². The van der Waals surface area contributed by atoms with Crippen LogP contribution in [0.2, 0.25) is 0 Å². The number of rotatable bonds is 5. The molecule has 0 bridgehead atoms. The Morgan fingerprint density at radius 1 is 1.56 bits per heavy atom. The van der Waals surface area contributed by atoms with Crippen LogP contribution in [-0.4, -0.2) is 36.3 Å². The molecule has 4 nitrogen and oxygen atoms in total. The van der Waals surface area contributed by atoms with E-state index in [-0.39, 0.29) is 25.9 Å². The van der Waals surface area contributed by atoms with E-state index in [4.69, 9.17) is 15.1 Å². The summed E-state index contributed by atoms with van der Waals surface area (Å²) < 4.78 is 4.90. The van der Waals surface area contributed by atoms with Crippen LogP contribution in [-0.2, 0) is 9.62 Å². The zero-order chi connectivity index (χ0) is 7.11. The highest BCUT2D eigenvalue weighted by atomic mass is 17.1. The van der Waals surface area contributed by atoms with E-state index in [1.807, 2.05) is 0 Å². The molecule has 0 rings (SSSR count). The van der Waals surface area contributed by atoms with Crippen molar-refractivity contribution in [2.75, 3.05) is 19.8 Å². The summed E-state index contributed by atoms with van der Waals surface area (Å²) >= 11 is 0. The van der Waals surface area contributed by atoms with Crippen molar-refractivity contribution >= 4 is 0 Å². The monoisotopic (exact) mass is 136 g/mol. The second kappa shape index (κ2) is 5.97. The molecule has 2 N–H and O–H groups in total. The Labute approximate surface area is 53.9 Å². The van der Waals surface area contributed by atoms with E-state index >= 15 is 0 Å². The lowest BCUT2D eigenvalue weighted by molar-refractivity contribution is -0.259. The van der Waals surface area contributed by atoms with Gasteiger partial charge in [0.15, 0.2) is 0 Å². The van der Waals surface area contributed by atoms with Gasteiger partial charge in [-0.15, -0.1) is 0 Å². The number of aliphatic hydroxyl groups is 1. The topological polar surface area (TPSA) is 58.9 Å². The van der Waals surface area contributed by atoms with Crippen LogP contribution in [0, 0.1) is 0 Å². The average molecular weight is 136 g/mol. The Kier molecular flexibility index (Phi) is 5.86. The van der Waals surface area contributed by atoms with Crippen LogP contribution in [0.25, 0.3) is 0 Å². The van der Waals surface area contributed by atoms with Crippen molar-refractivity contribution in [3.63, 3.8) is 0 Å². The Bertz CT molecular complexity index is 56.9. The van der Waals surface area contributed by atoms with Gasteiger partial charge in [-0.3, -0.25) is 5.26 Å². The second-order valence-corrected chi connectivity index (χ2v) is 1.70. The highest BCUT2D eigenvalue weighted by Gasteiger charge is 1.99. The Morgan fingerprint density at radius 3 is 2.67 bits per heavy atom. The van der Waals surface area contributed by atoms with Crippen molar-refractivity contribution in [3.05, 3.63) is 0 Å². The van der Waals surface area contributed by atoms with Gasteiger partial charge in [0.2, 0.25) is 0 Å². The molecule has 0 amide bonds. The van der Waals surface area contributed by atoms with Crippen molar-refractivity contribution in [1.29, 1.82) is 0 Å². The minimum atomic E-state index is -0.165. The van der Waals surface area contributed by atoms with Crippen molar-refractivity contribution in [1.82, 2.24) is 0 Å².